The van der Waals surface area contributed by atoms with Crippen molar-refractivity contribution in [3.05, 3.63) is 0 Å². The monoisotopic (exact) mass is 601 g/mol. The van der Waals surface area contributed by atoms with Crippen LogP contribution in [-0.4, -0.2) is 108 Å². The molecule has 1 rings (SSSR count). The van der Waals surface area contributed by atoms with Gasteiger partial charge in [0.2, 0.25) is 35.4 Å². The smallest absolute Gasteiger partial charge is 0.244 e. The number of aliphatic hydroxyl groups excluding tert-OH is 2. The first-order chi connectivity index (χ1) is 19.8. The SMILES string of the molecule is CCNCCC(=O)N[C@@H](CCC(=O)NC[C@@H]1O[C@H](CC(N)=O)C[C@H]1O)C(=O)N[C@H](C(=O)N[C@@H](C)C(=O)NCO)C(C)C. The number of amides is 6. The van der Waals surface area contributed by atoms with Crippen LogP contribution in [0.25, 0.3) is 0 Å². The lowest BCUT2D eigenvalue weighted by Gasteiger charge is -2.26. The summed E-state index contributed by atoms with van der Waals surface area (Å²) in [6.45, 7) is 7.08. The van der Waals surface area contributed by atoms with Crippen LogP contribution >= 0.6 is 0 Å². The van der Waals surface area contributed by atoms with E-state index >= 15 is 0 Å². The summed E-state index contributed by atoms with van der Waals surface area (Å²) in [7, 11) is 0. The lowest BCUT2D eigenvalue weighted by molar-refractivity contribution is -0.134. The third-order valence-electron chi connectivity index (χ3n) is 6.57. The van der Waals surface area contributed by atoms with Gasteiger partial charge in [-0.25, -0.2) is 0 Å². The van der Waals surface area contributed by atoms with E-state index in [0.29, 0.717) is 13.1 Å². The highest BCUT2D eigenvalue weighted by molar-refractivity contribution is 5.94. The summed E-state index contributed by atoms with van der Waals surface area (Å²) in [4.78, 5) is 74.2. The molecular weight excluding hydrogens is 554 g/mol. The van der Waals surface area contributed by atoms with Crippen molar-refractivity contribution < 1.29 is 43.7 Å². The van der Waals surface area contributed by atoms with Gasteiger partial charge in [-0.15, -0.1) is 0 Å². The summed E-state index contributed by atoms with van der Waals surface area (Å²) in [6, 6.07) is -3.20. The Kier molecular flexibility index (Phi) is 16.6. The van der Waals surface area contributed by atoms with Gasteiger partial charge in [0.1, 0.15) is 31.0 Å². The molecule has 1 aliphatic rings. The largest absolute Gasteiger partial charge is 0.390 e. The van der Waals surface area contributed by atoms with Crippen LogP contribution in [-0.2, 0) is 33.5 Å². The van der Waals surface area contributed by atoms with Crippen LogP contribution in [0.3, 0.4) is 0 Å². The molecule has 42 heavy (non-hydrogen) atoms. The van der Waals surface area contributed by atoms with Gasteiger partial charge in [0.15, 0.2) is 0 Å². The maximum atomic E-state index is 13.2. The summed E-state index contributed by atoms with van der Waals surface area (Å²) in [5.41, 5.74) is 5.17. The fourth-order valence-corrected chi connectivity index (χ4v) is 4.24. The first kappa shape index (κ1) is 36.7. The van der Waals surface area contributed by atoms with Crippen LogP contribution in [0, 0.1) is 5.92 Å². The highest BCUT2D eigenvalue weighted by Crippen LogP contribution is 2.22. The van der Waals surface area contributed by atoms with Crippen molar-refractivity contribution in [3.63, 3.8) is 0 Å². The molecule has 1 saturated heterocycles. The molecule has 0 saturated carbocycles. The minimum absolute atomic E-state index is 0.0290. The summed E-state index contributed by atoms with van der Waals surface area (Å²) in [6.07, 6.45) is -2.17. The first-order valence-electron chi connectivity index (χ1n) is 14.2. The Balaban J connectivity index is 2.83. The van der Waals surface area contributed by atoms with Gasteiger partial charge in [-0.1, -0.05) is 20.8 Å². The molecule has 0 radical (unpaired) electrons. The van der Waals surface area contributed by atoms with Gasteiger partial charge >= 0.3 is 0 Å². The van der Waals surface area contributed by atoms with E-state index in [0.717, 1.165) is 0 Å². The van der Waals surface area contributed by atoms with E-state index in [9.17, 15) is 33.9 Å². The molecule has 1 heterocycles. The minimum atomic E-state index is -1.15. The van der Waals surface area contributed by atoms with Crippen molar-refractivity contribution in [1.82, 2.24) is 31.9 Å². The molecule has 0 spiro atoms. The van der Waals surface area contributed by atoms with E-state index in [1.165, 1.54) is 6.92 Å². The molecular formula is C26H47N7O9. The summed E-state index contributed by atoms with van der Waals surface area (Å²) in [5, 5.41) is 34.5. The molecule has 0 aromatic rings. The predicted octanol–water partition coefficient (Wildman–Crippen LogP) is -3.53. The Bertz CT molecular complexity index is 934. The second kappa shape index (κ2) is 19.0. The average Bonchev–Trinajstić information content (AvgIpc) is 3.25. The average molecular weight is 602 g/mol. The number of primary amides is 1. The number of hydrogen-bond acceptors (Lipinski definition) is 10. The number of hydrogen-bond donors (Lipinski definition) is 9. The quantitative estimate of drug-likeness (QED) is 0.0521. The number of ether oxygens (including phenoxy) is 1. The van der Waals surface area contributed by atoms with E-state index in [1.54, 1.807) is 13.8 Å². The molecule has 0 aromatic carbocycles. The second-order valence-corrected chi connectivity index (χ2v) is 10.5. The number of rotatable bonds is 19. The van der Waals surface area contributed by atoms with Gasteiger partial charge in [0.05, 0.1) is 18.6 Å². The van der Waals surface area contributed by atoms with Crippen LogP contribution in [0.15, 0.2) is 0 Å². The molecule has 16 heteroatoms. The third-order valence-corrected chi connectivity index (χ3v) is 6.57. The van der Waals surface area contributed by atoms with Crippen LogP contribution in [0.1, 0.15) is 59.8 Å². The fourth-order valence-electron chi connectivity index (χ4n) is 4.24. The summed E-state index contributed by atoms with van der Waals surface area (Å²) >= 11 is 0. The van der Waals surface area contributed by atoms with E-state index in [1.807, 2.05) is 6.92 Å². The van der Waals surface area contributed by atoms with Gasteiger partial charge in [-0.2, -0.15) is 0 Å². The van der Waals surface area contributed by atoms with Gasteiger partial charge in [-0.3, -0.25) is 28.8 Å². The van der Waals surface area contributed by atoms with Gasteiger partial charge in [0, 0.05) is 32.4 Å². The fraction of sp³-hybridized carbons (Fsp3) is 0.769. The molecule has 1 aliphatic heterocycles. The van der Waals surface area contributed by atoms with Crippen molar-refractivity contribution in [2.24, 2.45) is 11.7 Å². The zero-order valence-corrected chi connectivity index (χ0v) is 24.7. The maximum Gasteiger partial charge on any atom is 0.244 e. The molecule has 1 fully saturated rings. The zero-order chi connectivity index (χ0) is 31.8. The number of nitrogens with two attached hydrogens (primary N) is 1. The molecule has 240 valence electrons. The minimum Gasteiger partial charge on any atom is -0.390 e. The molecule has 6 atom stereocenters. The Morgan fingerprint density at radius 2 is 1.62 bits per heavy atom. The van der Waals surface area contributed by atoms with E-state index in [2.05, 4.69) is 31.9 Å². The van der Waals surface area contributed by atoms with E-state index in [-0.39, 0.29) is 38.6 Å². The zero-order valence-electron chi connectivity index (χ0n) is 24.7. The molecule has 0 aromatic heterocycles. The van der Waals surface area contributed by atoms with Crippen LogP contribution in [0.2, 0.25) is 0 Å². The van der Waals surface area contributed by atoms with E-state index < -0.39 is 84.5 Å². The number of aliphatic hydroxyl groups is 2. The second-order valence-electron chi connectivity index (χ2n) is 10.5. The predicted molar refractivity (Wildman–Crippen MR) is 150 cm³/mol. The Labute approximate surface area is 245 Å². The van der Waals surface area contributed by atoms with Crippen LogP contribution in [0.5, 0.6) is 0 Å². The summed E-state index contributed by atoms with van der Waals surface area (Å²) < 4.78 is 5.57. The molecule has 6 amide bonds. The van der Waals surface area contributed by atoms with Crippen molar-refractivity contribution in [3.8, 4) is 0 Å². The third kappa shape index (κ3) is 13.5. The van der Waals surface area contributed by atoms with Crippen molar-refractivity contribution >= 4 is 35.4 Å². The number of nitrogens with one attached hydrogen (secondary N) is 6. The van der Waals surface area contributed by atoms with Crippen LogP contribution < -0.4 is 37.6 Å². The highest BCUT2D eigenvalue weighted by Gasteiger charge is 2.35. The highest BCUT2D eigenvalue weighted by atomic mass is 16.5. The topological polar surface area (TPSA) is 250 Å². The molecule has 10 N–H and O–H groups in total. The standard InChI is InChI=1S/C26H47N7O9/c1-5-28-9-8-22(38)32-17(6-7-21(37)29-12-19-18(35)10-16(42-19)11-20(27)36)25(40)33-23(14(2)3)26(41)31-15(4)24(39)30-13-34/h14-19,23,28,34-35H,5-13H2,1-4H3,(H2,27,36)(H,29,37)(H,30,39)(H,31,41)(H,32,38)(H,33,40)/t15-,16-,17-,18+,19-,23-/m0/s1. The Hall–Kier alpha value is -3.34. The number of carbonyl (C=O) groups is 6. The van der Waals surface area contributed by atoms with Gasteiger partial charge in [-0.05, 0) is 25.8 Å². The van der Waals surface area contributed by atoms with Crippen molar-refractivity contribution in [2.75, 3.05) is 26.4 Å². The van der Waals surface area contributed by atoms with E-state index in [4.69, 9.17) is 15.6 Å². The lowest BCUT2D eigenvalue weighted by atomic mass is 10.0. The number of carbonyl (C=O) groups excluding carboxylic acids is 6. The molecule has 0 aliphatic carbocycles. The Morgan fingerprint density at radius 3 is 2.21 bits per heavy atom. The first-order valence-corrected chi connectivity index (χ1v) is 14.2. The lowest BCUT2D eigenvalue weighted by Crippen LogP contribution is -2.58. The molecule has 0 unspecified atom stereocenters. The Morgan fingerprint density at radius 1 is 0.929 bits per heavy atom. The molecule has 16 nitrogen and oxygen atoms in total. The maximum absolute atomic E-state index is 13.2. The molecule has 0 bridgehead atoms. The van der Waals surface area contributed by atoms with Crippen molar-refractivity contribution in [2.45, 2.75) is 96.2 Å². The van der Waals surface area contributed by atoms with Gasteiger partial charge in [0.25, 0.3) is 0 Å². The summed E-state index contributed by atoms with van der Waals surface area (Å²) in [5.74, 6) is -3.80. The van der Waals surface area contributed by atoms with Crippen molar-refractivity contribution in [1.29, 1.82) is 0 Å². The van der Waals surface area contributed by atoms with Crippen LogP contribution in [0.4, 0.5) is 0 Å². The van der Waals surface area contributed by atoms with Gasteiger partial charge < -0.3 is 52.6 Å². The normalized spacial score (nSPS) is 20.2.